The molecular weight excluding hydrogens is 464 g/mol. The van der Waals surface area contributed by atoms with Crippen LogP contribution in [0.1, 0.15) is 113 Å². The first-order valence-electron chi connectivity index (χ1n) is 15.0. The minimum atomic E-state index is -0.750. The molecule has 5 rings (SSSR count). The molecule has 11 atom stereocenters. The molecule has 0 heterocycles. The topological polar surface area (TPSA) is 80.7 Å². The summed E-state index contributed by atoms with van der Waals surface area (Å²) in [5.74, 6) is 0.583. The van der Waals surface area contributed by atoms with Gasteiger partial charge in [-0.2, -0.15) is 0 Å². The van der Waals surface area contributed by atoms with E-state index in [1.54, 1.807) is 0 Å². The predicted molar refractivity (Wildman–Crippen MR) is 143 cm³/mol. The van der Waals surface area contributed by atoms with E-state index in [-0.39, 0.29) is 57.4 Å². The Morgan fingerprint density at radius 1 is 0.865 bits per heavy atom. The van der Waals surface area contributed by atoms with Crippen molar-refractivity contribution in [1.82, 2.24) is 0 Å². The number of rotatable bonds is 2. The third kappa shape index (κ3) is 3.36. The molecule has 5 saturated carbocycles. The van der Waals surface area contributed by atoms with Gasteiger partial charge in [-0.15, -0.1) is 0 Å². The highest BCUT2D eigenvalue weighted by molar-refractivity contribution is 5.86. The maximum absolute atomic E-state index is 14.4. The summed E-state index contributed by atoms with van der Waals surface area (Å²) < 4.78 is 5.84. The summed E-state index contributed by atoms with van der Waals surface area (Å²) in [6.45, 7) is 17.8. The number of hydrogen-bond acceptors (Lipinski definition) is 4. The van der Waals surface area contributed by atoms with Gasteiger partial charge in [-0.3, -0.25) is 14.4 Å². The molecule has 0 radical (unpaired) electrons. The van der Waals surface area contributed by atoms with Crippen molar-refractivity contribution in [3.63, 3.8) is 0 Å². The third-order valence-corrected chi connectivity index (χ3v) is 14.1. The molecule has 0 aromatic rings. The van der Waals surface area contributed by atoms with Crippen molar-refractivity contribution in [2.75, 3.05) is 0 Å². The highest BCUT2D eigenvalue weighted by Crippen LogP contribution is 2.76. The first-order chi connectivity index (χ1) is 17.1. The van der Waals surface area contributed by atoms with Gasteiger partial charge in [0.15, 0.2) is 0 Å². The van der Waals surface area contributed by atoms with Gasteiger partial charge in [-0.05, 0) is 97.2 Å². The fourth-order valence-electron chi connectivity index (χ4n) is 11.7. The van der Waals surface area contributed by atoms with E-state index in [0.717, 1.165) is 38.5 Å². The van der Waals surface area contributed by atoms with Gasteiger partial charge >= 0.3 is 11.9 Å². The number of carbonyl (C=O) groups is 3. The number of carboxylic acids is 1. The van der Waals surface area contributed by atoms with Crippen LogP contribution in [0.5, 0.6) is 0 Å². The number of ether oxygens (including phenoxy) is 1. The van der Waals surface area contributed by atoms with Crippen molar-refractivity contribution in [1.29, 1.82) is 0 Å². The highest BCUT2D eigenvalue weighted by atomic mass is 16.5. The number of carboxylic acid groups (broad SMARTS) is 1. The molecule has 0 spiro atoms. The van der Waals surface area contributed by atoms with Crippen LogP contribution in [0.3, 0.4) is 0 Å². The smallest absolute Gasteiger partial charge is 0.309 e. The van der Waals surface area contributed by atoms with Crippen molar-refractivity contribution >= 4 is 17.7 Å². The fraction of sp³-hybridized carbons (Fsp3) is 0.906. The second-order valence-electron chi connectivity index (χ2n) is 15.5. The van der Waals surface area contributed by atoms with Crippen LogP contribution < -0.4 is 0 Å². The Morgan fingerprint density at radius 3 is 2.16 bits per heavy atom. The zero-order valence-electron chi connectivity index (χ0n) is 24.5. The van der Waals surface area contributed by atoms with Crippen LogP contribution in [0.4, 0.5) is 0 Å². The van der Waals surface area contributed by atoms with Crippen LogP contribution in [0.15, 0.2) is 0 Å². The molecule has 37 heavy (non-hydrogen) atoms. The maximum Gasteiger partial charge on any atom is 0.309 e. The number of carbonyl (C=O) groups excluding carboxylic acids is 2. The monoisotopic (exact) mass is 514 g/mol. The minimum absolute atomic E-state index is 0.00357. The molecule has 0 aliphatic heterocycles. The molecule has 5 nitrogen and oxygen atoms in total. The predicted octanol–water partition coefficient (Wildman–Crippen LogP) is 6.92. The second-order valence-corrected chi connectivity index (χ2v) is 15.5. The summed E-state index contributed by atoms with van der Waals surface area (Å²) >= 11 is 0. The van der Waals surface area contributed by atoms with E-state index in [1.807, 2.05) is 0 Å². The Hall–Kier alpha value is -1.39. The van der Waals surface area contributed by atoms with Gasteiger partial charge in [0.25, 0.3) is 0 Å². The van der Waals surface area contributed by atoms with Crippen LogP contribution >= 0.6 is 0 Å². The van der Waals surface area contributed by atoms with E-state index in [0.29, 0.717) is 36.9 Å². The molecule has 5 fully saturated rings. The molecule has 1 N–H and O–H groups in total. The van der Waals surface area contributed by atoms with Crippen molar-refractivity contribution in [3.05, 3.63) is 0 Å². The Kier molecular flexibility index (Phi) is 6.10. The number of hydrogen-bond donors (Lipinski definition) is 1. The lowest BCUT2D eigenvalue weighted by Gasteiger charge is -2.73. The normalized spacial score (nSPS) is 52.6. The quantitative estimate of drug-likeness (QED) is 0.405. The summed E-state index contributed by atoms with van der Waals surface area (Å²) in [5, 5.41) is 10.6. The van der Waals surface area contributed by atoms with E-state index < -0.39 is 11.4 Å². The Labute approximate surface area is 223 Å². The molecular formula is C32H50O5. The lowest BCUT2D eigenvalue weighted by Crippen LogP contribution is -2.70. The molecule has 0 aromatic heterocycles. The molecule has 208 valence electrons. The minimum Gasteiger partial charge on any atom is -0.481 e. The van der Waals surface area contributed by atoms with E-state index in [1.165, 1.54) is 6.92 Å². The van der Waals surface area contributed by atoms with Gasteiger partial charge in [0.2, 0.25) is 0 Å². The number of fused-ring (bicyclic) bond motifs is 7. The lowest BCUT2D eigenvalue weighted by atomic mass is 9.31. The van der Waals surface area contributed by atoms with Crippen molar-refractivity contribution in [2.24, 2.45) is 62.6 Å². The van der Waals surface area contributed by atoms with Crippen LogP contribution in [-0.4, -0.2) is 28.9 Å². The molecule has 5 aliphatic carbocycles. The van der Waals surface area contributed by atoms with Gasteiger partial charge in [0.1, 0.15) is 11.9 Å². The molecule has 0 saturated heterocycles. The molecule has 0 amide bonds. The molecule has 0 aromatic carbocycles. The van der Waals surface area contributed by atoms with E-state index in [9.17, 15) is 19.5 Å². The zero-order chi connectivity index (χ0) is 27.3. The van der Waals surface area contributed by atoms with Crippen LogP contribution in [-0.2, 0) is 19.1 Å². The second kappa shape index (κ2) is 8.31. The van der Waals surface area contributed by atoms with Gasteiger partial charge in [0, 0.05) is 24.7 Å². The van der Waals surface area contributed by atoms with Gasteiger partial charge in [-0.25, -0.2) is 0 Å². The first-order valence-corrected chi connectivity index (χ1v) is 15.0. The van der Waals surface area contributed by atoms with E-state index >= 15 is 0 Å². The average Bonchev–Trinajstić information content (AvgIpc) is 2.80. The lowest BCUT2D eigenvalue weighted by molar-refractivity contribution is -0.250. The Morgan fingerprint density at radius 2 is 1.54 bits per heavy atom. The van der Waals surface area contributed by atoms with Crippen molar-refractivity contribution < 1.29 is 24.2 Å². The number of Topliss-reactive ketones (excluding diaryl/α,β-unsaturated/α-hetero) is 1. The molecule has 5 aliphatic rings. The van der Waals surface area contributed by atoms with Gasteiger partial charge in [0.05, 0.1) is 5.41 Å². The number of ketones is 1. The van der Waals surface area contributed by atoms with Crippen LogP contribution in [0, 0.1) is 62.6 Å². The fourth-order valence-corrected chi connectivity index (χ4v) is 11.7. The van der Waals surface area contributed by atoms with Crippen molar-refractivity contribution in [3.8, 4) is 0 Å². The summed E-state index contributed by atoms with van der Waals surface area (Å²) in [6, 6.07) is 0. The number of aliphatic carboxylic acids is 1. The summed E-state index contributed by atoms with van der Waals surface area (Å²) in [4.78, 5) is 39.2. The van der Waals surface area contributed by atoms with Gasteiger partial charge in [-0.1, -0.05) is 48.5 Å². The molecule has 0 bridgehead atoms. The van der Waals surface area contributed by atoms with E-state index in [2.05, 4.69) is 48.5 Å². The highest BCUT2D eigenvalue weighted by Gasteiger charge is 2.73. The average molecular weight is 515 g/mol. The maximum atomic E-state index is 14.4. The molecule has 0 unspecified atom stereocenters. The Balaban J connectivity index is 1.56. The zero-order valence-corrected chi connectivity index (χ0v) is 24.5. The van der Waals surface area contributed by atoms with Crippen molar-refractivity contribution in [2.45, 2.75) is 119 Å². The summed E-state index contributed by atoms with van der Waals surface area (Å²) in [6.07, 6.45) is 7.65. The standard InChI is InChI=1S/C32H50O5/c1-18-9-14-32(27(35)36)16-15-31(8)26(25(32)19(18)2)21(34)17-23-29(6)12-11-24(37-20(3)33)28(4,5)22(29)10-13-30(23,31)7/h18-19,22-26H,9-17H2,1-8H3,(H,35,36)/t18-,19+,22+,23-,24+,25+,26+,29+,30-,31-,32+/m1/s1. The van der Waals surface area contributed by atoms with Gasteiger partial charge < -0.3 is 9.84 Å². The van der Waals surface area contributed by atoms with Crippen LogP contribution in [0.2, 0.25) is 0 Å². The largest absolute Gasteiger partial charge is 0.481 e. The molecule has 5 heteroatoms. The number of esters is 1. The summed E-state index contributed by atoms with van der Waals surface area (Å²) in [7, 11) is 0. The third-order valence-electron chi connectivity index (χ3n) is 14.1. The van der Waals surface area contributed by atoms with E-state index in [4.69, 9.17) is 4.74 Å². The summed E-state index contributed by atoms with van der Waals surface area (Å²) in [5.41, 5.74) is -1.08. The first kappa shape index (κ1) is 27.2. The SMILES string of the molecule is CC(=O)O[C@H]1CC[C@]2(C)[C@H]3CC(=O)[C@H]4[C@@H]5[C@@H](C)[C@H](C)CC[C@]5(C(=O)O)CC[C@@]4(C)[C@]3(C)CC[C@H]2C1(C)C. The Bertz CT molecular complexity index is 1000. The van der Waals surface area contributed by atoms with Crippen LogP contribution in [0.25, 0.3) is 0 Å².